The molecule has 0 aromatic heterocycles. The van der Waals surface area contributed by atoms with Crippen molar-refractivity contribution in [1.82, 2.24) is 10.6 Å². The number of urea groups is 1. The second-order valence-electron chi connectivity index (χ2n) is 5.26. The predicted molar refractivity (Wildman–Crippen MR) is 75.9 cm³/mol. The molecular weight excluding hydrogens is 244 g/mol. The minimum absolute atomic E-state index is 0.00593. The molecule has 0 spiro atoms. The van der Waals surface area contributed by atoms with Gasteiger partial charge in [0.1, 0.15) is 6.04 Å². The maximum atomic E-state index is 11.8. The van der Waals surface area contributed by atoms with Crippen molar-refractivity contribution in [3.05, 3.63) is 0 Å². The lowest BCUT2D eigenvalue weighted by atomic mass is 10.1. The second kappa shape index (κ2) is 9.64. The molecule has 0 saturated carbocycles. The molecule has 112 valence electrons. The molecule has 0 bridgehead atoms. The van der Waals surface area contributed by atoms with Crippen LogP contribution in [0, 0.1) is 5.92 Å². The third kappa shape index (κ3) is 7.70. The van der Waals surface area contributed by atoms with Gasteiger partial charge in [-0.25, -0.2) is 9.59 Å². The number of nitrogens with one attached hydrogen (secondary N) is 2. The van der Waals surface area contributed by atoms with E-state index in [4.69, 9.17) is 0 Å². The average Bonchev–Trinajstić information content (AvgIpc) is 2.35. The van der Waals surface area contributed by atoms with Gasteiger partial charge in [0.2, 0.25) is 0 Å². The number of hydrogen-bond donors (Lipinski definition) is 2. The fraction of sp³-hybridized carbons (Fsp3) is 0.857. The molecule has 0 unspecified atom stereocenters. The summed E-state index contributed by atoms with van der Waals surface area (Å²) in [6, 6.07) is -0.807. The molecule has 0 aliphatic carbocycles. The summed E-state index contributed by atoms with van der Waals surface area (Å²) in [5.41, 5.74) is 0. The first-order valence-electron chi connectivity index (χ1n) is 7.07. The van der Waals surface area contributed by atoms with Gasteiger partial charge in [-0.15, -0.1) is 0 Å². The van der Waals surface area contributed by atoms with E-state index in [0.29, 0.717) is 0 Å². The van der Waals surface area contributed by atoms with Crippen LogP contribution < -0.4 is 10.6 Å². The lowest BCUT2D eigenvalue weighted by Crippen LogP contribution is -2.50. The van der Waals surface area contributed by atoms with E-state index in [0.717, 1.165) is 19.3 Å². The first-order chi connectivity index (χ1) is 8.92. The summed E-state index contributed by atoms with van der Waals surface area (Å²) in [5.74, 6) is -0.419. The van der Waals surface area contributed by atoms with Gasteiger partial charge in [0.05, 0.1) is 7.11 Å². The number of ether oxygens (including phenoxy) is 1. The van der Waals surface area contributed by atoms with E-state index in [1.807, 2.05) is 20.8 Å². The van der Waals surface area contributed by atoms with Gasteiger partial charge in [-0.3, -0.25) is 0 Å². The zero-order valence-electron chi connectivity index (χ0n) is 12.8. The first kappa shape index (κ1) is 17.7. The van der Waals surface area contributed by atoms with Gasteiger partial charge >= 0.3 is 12.0 Å². The molecule has 5 heteroatoms. The van der Waals surface area contributed by atoms with Gasteiger partial charge in [0.15, 0.2) is 0 Å². The third-order valence-electron chi connectivity index (χ3n) is 3.03. The summed E-state index contributed by atoms with van der Waals surface area (Å²) in [6.45, 7) is 7.85. The van der Waals surface area contributed by atoms with Crippen LogP contribution in [0.4, 0.5) is 4.79 Å². The minimum atomic E-state index is -0.604. The van der Waals surface area contributed by atoms with Crippen LogP contribution in [0.25, 0.3) is 0 Å². The summed E-state index contributed by atoms with van der Waals surface area (Å²) < 4.78 is 4.68. The summed E-state index contributed by atoms with van der Waals surface area (Å²) in [5, 5.41) is 5.51. The Kier molecular flexibility index (Phi) is 9.00. The van der Waals surface area contributed by atoms with Crippen LogP contribution in [0.15, 0.2) is 0 Å². The highest BCUT2D eigenvalue weighted by atomic mass is 16.5. The second-order valence-corrected chi connectivity index (χ2v) is 5.26. The van der Waals surface area contributed by atoms with Crippen molar-refractivity contribution in [2.24, 2.45) is 5.92 Å². The summed E-state index contributed by atoms with van der Waals surface area (Å²) >= 11 is 0. The molecule has 0 fully saturated rings. The normalized spacial score (nSPS) is 13.8. The molecule has 0 radical (unpaired) electrons. The van der Waals surface area contributed by atoms with Crippen molar-refractivity contribution in [1.29, 1.82) is 0 Å². The number of carbonyl (C=O) groups is 2. The molecule has 2 atom stereocenters. The van der Waals surface area contributed by atoms with E-state index in [9.17, 15) is 9.59 Å². The van der Waals surface area contributed by atoms with E-state index < -0.39 is 12.0 Å². The molecule has 19 heavy (non-hydrogen) atoms. The van der Waals surface area contributed by atoms with Crippen molar-refractivity contribution < 1.29 is 14.3 Å². The molecular formula is C14H28N2O3. The fourth-order valence-electron chi connectivity index (χ4n) is 1.80. The minimum Gasteiger partial charge on any atom is -0.467 e. The lowest BCUT2D eigenvalue weighted by molar-refractivity contribution is -0.143. The van der Waals surface area contributed by atoms with Crippen LogP contribution in [-0.4, -0.2) is 31.2 Å². The van der Waals surface area contributed by atoms with E-state index in [1.54, 1.807) is 0 Å². The zero-order chi connectivity index (χ0) is 14.8. The lowest BCUT2D eigenvalue weighted by Gasteiger charge is -2.21. The van der Waals surface area contributed by atoms with Crippen molar-refractivity contribution in [3.8, 4) is 0 Å². The predicted octanol–water partition coefficient (Wildman–Crippen LogP) is 2.45. The van der Waals surface area contributed by atoms with Gasteiger partial charge in [0.25, 0.3) is 0 Å². The smallest absolute Gasteiger partial charge is 0.328 e. The molecule has 2 N–H and O–H groups in total. The molecule has 0 aliphatic rings. The summed E-state index contributed by atoms with van der Waals surface area (Å²) in [7, 11) is 1.32. The maximum Gasteiger partial charge on any atom is 0.328 e. The number of rotatable bonds is 8. The van der Waals surface area contributed by atoms with E-state index >= 15 is 0 Å². The Morgan fingerprint density at radius 2 is 1.74 bits per heavy atom. The average molecular weight is 272 g/mol. The highest BCUT2D eigenvalue weighted by molar-refractivity contribution is 5.83. The first-order valence-corrected chi connectivity index (χ1v) is 7.07. The summed E-state index contributed by atoms with van der Waals surface area (Å²) in [4.78, 5) is 23.3. The van der Waals surface area contributed by atoms with Gasteiger partial charge in [-0.05, 0) is 19.3 Å². The van der Waals surface area contributed by atoms with Crippen LogP contribution in [0.1, 0.15) is 53.4 Å². The molecule has 0 aromatic carbocycles. The number of carbonyl (C=O) groups excluding carboxylic acids is 2. The number of esters is 1. The van der Waals surface area contributed by atoms with E-state index in [2.05, 4.69) is 22.3 Å². The molecule has 0 aliphatic heterocycles. The molecule has 0 aromatic rings. The molecule has 0 saturated heterocycles. The van der Waals surface area contributed by atoms with E-state index in [-0.39, 0.29) is 18.0 Å². The van der Waals surface area contributed by atoms with Crippen molar-refractivity contribution in [2.75, 3.05) is 7.11 Å². The Balaban J connectivity index is 4.15. The number of unbranched alkanes of at least 4 members (excludes halogenated alkanes) is 2. The standard InChI is InChI=1S/C14H28N2O3/c1-6-7-8-9-11(4)15-14(18)16-12(10(2)3)13(17)19-5/h10-12H,6-9H2,1-5H3,(H2,15,16,18)/t11-,12-/m0/s1. The van der Waals surface area contributed by atoms with Crippen LogP contribution in [0.3, 0.4) is 0 Å². The molecule has 0 heterocycles. The van der Waals surface area contributed by atoms with Gasteiger partial charge in [0, 0.05) is 6.04 Å². The highest BCUT2D eigenvalue weighted by Gasteiger charge is 2.25. The third-order valence-corrected chi connectivity index (χ3v) is 3.03. The van der Waals surface area contributed by atoms with Gasteiger partial charge < -0.3 is 15.4 Å². The molecule has 5 nitrogen and oxygen atoms in total. The molecule has 0 rings (SSSR count). The quantitative estimate of drug-likeness (QED) is 0.527. The van der Waals surface area contributed by atoms with Crippen LogP contribution in [0.2, 0.25) is 0 Å². The highest BCUT2D eigenvalue weighted by Crippen LogP contribution is 2.05. The van der Waals surface area contributed by atoms with Gasteiger partial charge in [-0.1, -0.05) is 40.0 Å². The zero-order valence-corrected chi connectivity index (χ0v) is 12.8. The van der Waals surface area contributed by atoms with Crippen LogP contribution >= 0.6 is 0 Å². The van der Waals surface area contributed by atoms with Crippen LogP contribution in [0.5, 0.6) is 0 Å². The number of amides is 2. The Morgan fingerprint density at radius 1 is 1.11 bits per heavy atom. The summed E-state index contributed by atoms with van der Waals surface area (Å²) in [6.07, 6.45) is 4.38. The monoisotopic (exact) mass is 272 g/mol. The Morgan fingerprint density at radius 3 is 2.21 bits per heavy atom. The van der Waals surface area contributed by atoms with Crippen molar-refractivity contribution >= 4 is 12.0 Å². The van der Waals surface area contributed by atoms with Crippen molar-refractivity contribution in [2.45, 2.75) is 65.5 Å². The maximum absolute atomic E-state index is 11.8. The van der Waals surface area contributed by atoms with Crippen molar-refractivity contribution in [3.63, 3.8) is 0 Å². The van der Waals surface area contributed by atoms with Gasteiger partial charge in [-0.2, -0.15) is 0 Å². The number of hydrogen-bond acceptors (Lipinski definition) is 3. The Hall–Kier alpha value is -1.26. The number of methoxy groups -OCH3 is 1. The van der Waals surface area contributed by atoms with Crippen LogP contribution in [-0.2, 0) is 9.53 Å². The largest absolute Gasteiger partial charge is 0.467 e. The topological polar surface area (TPSA) is 67.4 Å². The Bertz CT molecular complexity index is 280. The molecule has 2 amide bonds. The van der Waals surface area contributed by atoms with E-state index in [1.165, 1.54) is 13.5 Å². The Labute approximate surface area is 116 Å². The SMILES string of the molecule is CCCCC[C@H](C)NC(=O)N[C@H](C(=O)OC)C(C)C. The fourth-order valence-corrected chi connectivity index (χ4v) is 1.80.